The minimum Gasteiger partial charge on any atom is -0.489 e. The lowest BCUT2D eigenvalue weighted by molar-refractivity contribution is 0.122. The highest BCUT2D eigenvalue weighted by atomic mass is 19.1. The van der Waals surface area contributed by atoms with Crippen molar-refractivity contribution in [1.29, 1.82) is 0 Å². The summed E-state index contributed by atoms with van der Waals surface area (Å²) in [4.78, 5) is 5.68. The van der Waals surface area contributed by atoms with Gasteiger partial charge >= 0.3 is 7.32 Å². The fourth-order valence-corrected chi connectivity index (χ4v) is 5.27. The van der Waals surface area contributed by atoms with Crippen molar-refractivity contribution in [3.05, 3.63) is 72.0 Å². The molecule has 3 aromatic carbocycles. The van der Waals surface area contributed by atoms with Crippen molar-refractivity contribution in [2.75, 3.05) is 93.6 Å². The van der Waals surface area contributed by atoms with Gasteiger partial charge in [-0.3, -0.25) is 0 Å². The highest BCUT2D eigenvalue weighted by molar-refractivity contribution is 6.39. The fraction of sp³-hybridized carbons (Fsp3) is 0.400. The van der Waals surface area contributed by atoms with Gasteiger partial charge in [-0.1, -0.05) is 0 Å². The Balaban J connectivity index is 1.22. The van der Waals surface area contributed by atoms with Crippen LogP contribution >= 0.6 is 0 Å². The number of nitrogens with zero attached hydrogens (tertiary/aromatic N) is 3. The average Bonchev–Trinajstić information content (AvgIpc) is 3.02. The van der Waals surface area contributed by atoms with Crippen molar-refractivity contribution in [1.82, 2.24) is 0 Å². The van der Waals surface area contributed by atoms with Gasteiger partial charge in [-0.2, -0.15) is 0 Å². The number of benzene rings is 3. The standard InChI is InChI=1S/C30H33BF3N3O6/c32-25-19-22(1-4-28(25)35-7-13-38-14-8-35)41-31(42-23-2-5-29(26(33)20-23)36-9-15-39-16-10-36)43-24-3-6-30(27(34)21-24)37-11-17-40-18-12-37/h1-6,19-21H,7-18H2. The maximum absolute atomic E-state index is 15.1. The second kappa shape index (κ2) is 13.7. The first-order valence-electron chi connectivity index (χ1n) is 14.4. The summed E-state index contributed by atoms with van der Waals surface area (Å²) >= 11 is 0. The van der Waals surface area contributed by atoms with Crippen molar-refractivity contribution in [2.45, 2.75) is 0 Å². The summed E-state index contributed by atoms with van der Waals surface area (Å²) in [6, 6.07) is 13.3. The van der Waals surface area contributed by atoms with Gasteiger partial charge in [0.15, 0.2) is 0 Å². The topological polar surface area (TPSA) is 65.1 Å². The third kappa shape index (κ3) is 7.23. The minimum atomic E-state index is -1.49. The molecule has 3 aliphatic rings. The SMILES string of the molecule is Fc1cc(OB(Oc2ccc(N3CCOCC3)c(F)c2)Oc2ccc(N3CCOCC3)c(F)c2)ccc1N1CCOCC1. The largest absolute Gasteiger partial charge is 0.864 e. The molecule has 0 unspecified atom stereocenters. The van der Waals surface area contributed by atoms with Gasteiger partial charge in [-0.05, 0) is 36.4 Å². The van der Waals surface area contributed by atoms with E-state index in [0.29, 0.717) is 96.0 Å². The highest BCUT2D eigenvalue weighted by Crippen LogP contribution is 2.30. The zero-order valence-electron chi connectivity index (χ0n) is 23.7. The Hall–Kier alpha value is -3.81. The molecule has 3 aliphatic heterocycles. The second-order valence-electron chi connectivity index (χ2n) is 10.3. The van der Waals surface area contributed by atoms with E-state index in [1.165, 1.54) is 18.2 Å². The molecule has 3 aromatic rings. The van der Waals surface area contributed by atoms with Crippen molar-refractivity contribution in [3.63, 3.8) is 0 Å². The van der Waals surface area contributed by atoms with Crippen LogP contribution in [0.1, 0.15) is 0 Å². The molecule has 3 heterocycles. The summed E-state index contributed by atoms with van der Waals surface area (Å²) < 4.78 is 79.1. The van der Waals surface area contributed by atoms with Gasteiger partial charge in [-0.25, -0.2) is 13.2 Å². The van der Waals surface area contributed by atoms with Gasteiger partial charge in [0.1, 0.15) is 34.7 Å². The summed E-state index contributed by atoms with van der Waals surface area (Å²) in [5.41, 5.74) is 1.28. The summed E-state index contributed by atoms with van der Waals surface area (Å²) in [6.45, 7) is 6.54. The molecule has 6 rings (SSSR count). The Bertz CT molecular complexity index is 1220. The highest BCUT2D eigenvalue weighted by Gasteiger charge is 2.32. The summed E-state index contributed by atoms with van der Waals surface area (Å²) in [5.74, 6) is -1.10. The van der Waals surface area contributed by atoms with E-state index in [9.17, 15) is 0 Å². The number of ether oxygens (including phenoxy) is 3. The molecular formula is C30H33BF3N3O6. The van der Waals surface area contributed by atoms with Crippen molar-refractivity contribution in [2.24, 2.45) is 0 Å². The summed E-state index contributed by atoms with van der Waals surface area (Å²) in [6.07, 6.45) is 0. The maximum Gasteiger partial charge on any atom is 0.864 e. The van der Waals surface area contributed by atoms with Gasteiger partial charge in [0.05, 0.1) is 56.7 Å². The lowest BCUT2D eigenvalue weighted by atomic mass is 10.1. The minimum absolute atomic E-state index is 0.121. The molecule has 3 fully saturated rings. The molecule has 0 amide bonds. The molecule has 228 valence electrons. The summed E-state index contributed by atoms with van der Waals surface area (Å²) in [7, 11) is -1.49. The molecule has 43 heavy (non-hydrogen) atoms. The molecular weight excluding hydrogens is 566 g/mol. The van der Waals surface area contributed by atoms with Gasteiger partial charge in [-0.15, -0.1) is 0 Å². The summed E-state index contributed by atoms with van der Waals surface area (Å²) in [5, 5.41) is 0. The molecule has 0 bridgehead atoms. The van der Waals surface area contributed by atoms with E-state index in [0.717, 1.165) is 0 Å². The first-order valence-corrected chi connectivity index (χ1v) is 14.4. The number of morpholine rings is 3. The van der Waals surface area contributed by atoms with Crippen molar-refractivity contribution < 1.29 is 41.3 Å². The molecule has 0 saturated carbocycles. The fourth-order valence-electron chi connectivity index (χ4n) is 5.27. The van der Waals surface area contributed by atoms with Gasteiger partial charge in [0.25, 0.3) is 0 Å². The molecule has 0 radical (unpaired) electrons. The lowest BCUT2D eigenvalue weighted by Gasteiger charge is -2.29. The van der Waals surface area contributed by atoms with E-state index in [2.05, 4.69) is 0 Å². The quantitative estimate of drug-likeness (QED) is 0.338. The lowest BCUT2D eigenvalue weighted by Crippen LogP contribution is -2.38. The predicted molar refractivity (Wildman–Crippen MR) is 156 cm³/mol. The molecule has 9 nitrogen and oxygen atoms in total. The van der Waals surface area contributed by atoms with Gasteiger partial charge in [0.2, 0.25) is 0 Å². The molecule has 0 spiro atoms. The zero-order valence-corrected chi connectivity index (χ0v) is 23.7. The number of rotatable bonds is 9. The third-order valence-electron chi connectivity index (χ3n) is 7.51. The van der Waals surface area contributed by atoms with Crippen LogP contribution in [0.4, 0.5) is 30.2 Å². The Morgan fingerprint density at radius 3 is 1.00 bits per heavy atom. The zero-order chi connectivity index (χ0) is 29.6. The Morgan fingerprint density at radius 1 is 0.465 bits per heavy atom. The van der Waals surface area contributed by atoms with Crippen LogP contribution in [0.2, 0.25) is 0 Å². The van der Waals surface area contributed by atoms with Crippen molar-refractivity contribution >= 4 is 24.4 Å². The number of anilines is 3. The number of hydrogen-bond acceptors (Lipinski definition) is 9. The van der Waals surface area contributed by atoms with Gasteiger partial charge in [0, 0.05) is 57.5 Å². The first kappa shape index (κ1) is 29.3. The average molecular weight is 599 g/mol. The van der Waals surface area contributed by atoms with Crippen molar-refractivity contribution in [3.8, 4) is 17.2 Å². The third-order valence-corrected chi connectivity index (χ3v) is 7.51. The smallest absolute Gasteiger partial charge is 0.489 e. The molecule has 0 aliphatic carbocycles. The molecule has 3 saturated heterocycles. The van der Waals surface area contributed by atoms with E-state index in [1.807, 2.05) is 14.7 Å². The van der Waals surface area contributed by atoms with E-state index in [4.69, 9.17) is 28.2 Å². The van der Waals surface area contributed by atoms with Crippen LogP contribution in [-0.2, 0) is 14.2 Å². The van der Waals surface area contributed by atoms with Crippen LogP contribution in [0.5, 0.6) is 17.2 Å². The normalized spacial score (nSPS) is 17.5. The number of halogens is 3. The number of hydrogen-bond donors (Lipinski definition) is 0. The van der Waals surface area contributed by atoms with Crippen LogP contribution in [-0.4, -0.2) is 86.2 Å². The van der Waals surface area contributed by atoms with Crippen LogP contribution < -0.4 is 28.7 Å². The molecule has 0 atom stereocenters. The molecule has 0 aromatic heterocycles. The van der Waals surface area contributed by atoms with E-state index < -0.39 is 24.8 Å². The van der Waals surface area contributed by atoms with Crippen LogP contribution in [0.15, 0.2) is 54.6 Å². The van der Waals surface area contributed by atoms with Crippen LogP contribution in [0, 0.1) is 17.5 Å². The first-order chi connectivity index (χ1) is 21.0. The van der Waals surface area contributed by atoms with E-state index in [1.54, 1.807) is 36.4 Å². The Morgan fingerprint density at radius 2 is 0.744 bits per heavy atom. The molecule has 13 heteroatoms. The van der Waals surface area contributed by atoms with Crippen LogP contribution in [0.25, 0.3) is 0 Å². The predicted octanol–water partition coefficient (Wildman–Crippen LogP) is 4.14. The van der Waals surface area contributed by atoms with Gasteiger partial charge < -0.3 is 42.9 Å². The van der Waals surface area contributed by atoms with E-state index in [-0.39, 0.29) is 17.2 Å². The monoisotopic (exact) mass is 599 g/mol. The second-order valence-corrected chi connectivity index (χ2v) is 10.3. The Kier molecular flexibility index (Phi) is 9.30. The maximum atomic E-state index is 15.1. The molecule has 0 N–H and O–H groups in total. The van der Waals surface area contributed by atoms with Crippen LogP contribution in [0.3, 0.4) is 0 Å². The Labute approximate surface area is 248 Å². The van der Waals surface area contributed by atoms with E-state index >= 15 is 13.2 Å².